The first-order valence-corrected chi connectivity index (χ1v) is 7.04. The summed E-state index contributed by atoms with van der Waals surface area (Å²) >= 11 is 0. The zero-order chi connectivity index (χ0) is 14.9. The first kappa shape index (κ1) is 17.7. The van der Waals surface area contributed by atoms with E-state index in [1.165, 1.54) is 0 Å². The summed E-state index contributed by atoms with van der Waals surface area (Å²) < 4.78 is 5.10. The van der Waals surface area contributed by atoms with Crippen LogP contribution < -0.4 is 10.6 Å². The van der Waals surface area contributed by atoms with Crippen LogP contribution in [0, 0.1) is 5.92 Å². The Balaban J connectivity index is 3.66. The maximum Gasteiger partial charge on any atom is 0.407 e. The smallest absolute Gasteiger partial charge is 0.407 e. The van der Waals surface area contributed by atoms with Gasteiger partial charge in [-0.05, 0) is 40.0 Å². The van der Waals surface area contributed by atoms with Gasteiger partial charge in [-0.2, -0.15) is 0 Å². The van der Waals surface area contributed by atoms with Crippen LogP contribution >= 0.6 is 0 Å². The Morgan fingerprint density at radius 2 is 1.58 bits per heavy atom. The van der Waals surface area contributed by atoms with Crippen molar-refractivity contribution in [1.29, 1.82) is 0 Å². The number of nitrogens with one attached hydrogen (secondary N) is 2. The summed E-state index contributed by atoms with van der Waals surface area (Å²) in [5, 5.41) is 5.53. The van der Waals surface area contributed by atoms with Crippen molar-refractivity contribution in [2.75, 3.05) is 13.1 Å². The van der Waals surface area contributed by atoms with Crippen LogP contribution in [0.4, 0.5) is 4.79 Å². The van der Waals surface area contributed by atoms with Gasteiger partial charge in [0.1, 0.15) is 5.60 Å². The Morgan fingerprint density at radius 3 is 2.05 bits per heavy atom. The predicted molar refractivity (Wildman–Crippen MR) is 75.9 cm³/mol. The maximum absolute atomic E-state index is 11.7. The van der Waals surface area contributed by atoms with Crippen LogP contribution in [0.15, 0.2) is 0 Å². The average molecular weight is 272 g/mol. The van der Waals surface area contributed by atoms with E-state index in [4.69, 9.17) is 4.74 Å². The summed E-state index contributed by atoms with van der Waals surface area (Å²) in [5.41, 5.74) is -0.478. The Labute approximate surface area is 116 Å². The first-order valence-electron chi connectivity index (χ1n) is 7.04. The monoisotopic (exact) mass is 272 g/mol. The number of alkyl carbamates (subject to hydrolysis) is 1. The van der Waals surface area contributed by atoms with E-state index in [0.717, 1.165) is 12.8 Å². The van der Waals surface area contributed by atoms with E-state index in [9.17, 15) is 9.59 Å². The van der Waals surface area contributed by atoms with Gasteiger partial charge >= 0.3 is 6.09 Å². The molecule has 5 nitrogen and oxygen atoms in total. The maximum atomic E-state index is 11.7. The molecule has 0 aromatic heterocycles. The van der Waals surface area contributed by atoms with E-state index < -0.39 is 11.7 Å². The molecule has 0 aliphatic rings. The number of ether oxygens (including phenoxy) is 1. The van der Waals surface area contributed by atoms with E-state index in [1.54, 1.807) is 0 Å². The fourth-order valence-corrected chi connectivity index (χ4v) is 1.61. The summed E-state index contributed by atoms with van der Waals surface area (Å²) in [4.78, 5) is 23.0. The van der Waals surface area contributed by atoms with Gasteiger partial charge in [0.15, 0.2) is 0 Å². The molecule has 2 amide bonds. The molecule has 0 aromatic carbocycles. The third-order valence-corrected chi connectivity index (χ3v) is 2.68. The van der Waals surface area contributed by atoms with Gasteiger partial charge in [0.05, 0.1) is 0 Å². The quantitative estimate of drug-likeness (QED) is 0.700. The van der Waals surface area contributed by atoms with Gasteiger partial charge < -0.3 is 15.4 Å². The van der Waals surface area contributed by atoms with Gasteiger partial charge in [-0.25, -0.2) is 4.79 Å². The highest BCUT2D eigenvalue weighted by Crippen LogP contribution is 2.07. The van der Waals surface area contributed by atoms with Crippen molar-refractivity contribution in [2.45, 2.75) is 59.5 Å². The molecular weight excluding hydrogens is 244 g/mol. The second-order valence-corrected chi connectivity index (χ2v) is 5.59. The second kappa shape index (κ2) is 8.77. The minimum absolute atomic E-state index is 0.0961. The normalized spacial score (nSPS) is 11.3. The molecule has 112 valence electrons. The van der Waals surface area contributed by atoms with Gasteiger partial charge in [-0.1, -0.05) is 13.8 Å². The molecule has 19 heavy (non-hydrogen) atoms. The molecule has 0 unspecified atom stereocenters. The summed E-state index contributed by atoms with van der Waals surface area (Å²) in [6.07, 6.45) is 2.00. The van der Waals surface area contributed by atoms with Crippen LogP contribution in [0.1, 0.15) is 53.9 Å². The zero-order valence-corrected chi connectivity index (χ0v) is 12.8. The second-order valence-electron chi connectivity index (χ2n) is 5.59. The van der Waals surface area contributed by atoms with Crippen LogP contribution in [-0.4, -0.2) is 30.7 Å². The van der Waals surface area contributed by atoms with Gasteiger partial charge in [-0.15, -0.1) is 0 Å². The first-order chi connectivity index (χ1) is 8.80. The van der Waals surface area contributed by atoms with E-state index in [2.05, 4.69) is 10.6 Å². The van der Waals surface area contributed by atoms with Gasteiger partial charge in [0.2, 0.25) is 5.91 Å². The number of hydrogen-bond donors (Lipinski definition) is 2. The van der Waals surface area contributed by atoms with Crippen LogP contribution in [0.2, 0.25) is 0 Å². The molecule has 0 saturated heterocycles. The van der Waals surface area contributed by atoms with Gasteiger partial charge in [0.25, 0.3) is 0 Å². The van der Waals surface area contributed by atoms with Crippen LogP contribution in [0.25, 0.3) is 0 Å². The summed E-state index contributed by atoms with van der Waals surface area (Å²) in [6, 6.07) is 0. The molecule has 0 atom stereocenters. The molecule has 0 aliphatic heterocycles. The molecule has 0 saturated carbocycles. The molecular formula is C14H28N2O3. The number of carbonyl (C=O) groups excluding carboxylic acids is 2. The lowest BCUT2D eigenvalue weighted by molar-refractivity contribution is -0.125. The fourth-order valence-electron chi connectivity index (χ4n) is 1.61. The minimum atomic E-state index is -0.478. The molecule has 0 radical (unpaired) electrons. The largest absolute Gasteiger partial charge is 0.444 e. The van der Waals surface area contributed by atoms with Crippen molar-refractivity contribution in [1.82, 2.24) is 10.6 Å². The number of carbonyl (C=O) groups is 2. The van der Waals surface area contributed by atoms with Gasteiger partial charge in [-0.3, -0.25) is 4.79 Å². The summed E-state index contributed by atoms with van der Waals surface area (Å²) in [6.45, 7) is 10.6. The van der Waals surface area contributed by atoms with E-state index in [-0.39, 0.29) is 11.8 Å². The highest BCUT2D eigenvalue weighted by molar-refractivity contribution is 5.78. The molecule has 0 spiro atoms. The predicted octanol–water partition coefficient (Wildman–Crippen LogP) is 2.45. The molecule has 0 heterocycles. The van der Waals surface area contributed by atoms with Crippen molar-refractivity contribution in [2.24, 2.45) is 5.92 Å². The highest BCUT2D eigenvalue weighted by atomic mass is 16.6. The minimum Gasteiger partial charge on any atom is -0.444 e. The lowest BCUT2D eigenvalue weighted by Gasteiger charge is -2.19. The molecule has 0 aliphatic carbocycles. The van der Waals surface area contributed by atoms with Crippen molar-refractivity contribution in [3.63, 3.8) is 0 Å². The Morgan fingerprint density at radius 1 is 1.05 bits per heavy atom. The van der Waals surface area contributed by atoms with E-state index >= 15 is 0 Å². The Hall–Kier alpha value is -1.26. The third kappa shape index (κ3) is 9.33. The van der Waals surface area contributed by atoms with Crippen molar-refractivity contribution < 1.29 is 14.3 Å². The Kier molecular flexibility index (Phi) is 8.19. The number of amides is 2. The van der Waals surface area contributed by atoms with Gasteiger partial charge in [0, 0.05) is 19.0 Å². The fraction of sp³-hybridized carbons (Fsp3) is 0.857. The van der Waals surface area contributed by atoms with E-state index in [1.807, 2.05) is 34.6 Å². The average Bonchev–Trinajstić information content (AvgIpc) is 2.27. The number of hydrogen-bond acceptors (Lipinski definition) is 3. The number of rotatable bonds is 7. The van der Waals surface area contributed by atoms with Crippen molar-refractivity contribution in [3.8, 4) is 0 Å². The third-order valence-electron chi connectivity index (χ3n) is 2.68. The lowest BCUT2D eigenvalue weighted by atomic mass is 10.0. The summed E-state index contributed by atoms with van der Waals surface area (Å²) in [7, 11) is 0. The van der Waals surface area contributed by atoms with E-state index in [0.29, 0.717) is 19.5 Å². The highest BCUT2D eigenvalue weighted by Gasteiger charge is 2.15. The molecule has 0 bridgehead atoms. The molecule has 5 heteroatoms. The molecule has 2 N–H and O–H groups in total. The van der Waals surface area contributed by atoms with Crippen molar-refractivity contribution in [3.05, 3.63) is 0 Å². The lowest BCUT2D eigenvalue weighted by Crippen LogP contribution is -2.35. The molecule has 0 fully saturated rings. The van der Waals surface area contributed by atoms with Crippen LogP contribution in [0.5, 0.6) is 0 Å². The topological polar surface area (TPSA) is 67.4 Å². The standard InChI is InChI=1S/C14H28N2O3/c1-6-11(7-2)12(17)15-9-8-10-16-13(18)19-14(3,4)5/h11H,6-10H2,1-5H3,(H,15,17)(H,16,18). The van der Waals surface area contributed by atoms with Crippen LogP contribution in [0.3, 0.4) is 0 Å². The summed E-state index contributed by atoms with van der Waals surface area (Å²) in [5.74, 6) is 0.195. The molecule has 0 aromatic rings. The zero-order valence-electron chi connectivity index (χ0n) is 12.8. The van der Waals surface area contributed by atoms with Crippen molar-refractivity contribution >= 4 is 12.0 Å². The molecule has 0 rings (SSSR count). The SMILES string of the molecule is CCC(CC)C(=O)NCCCNC(=O)OC(C)(C)C. The van der Waals surface area contributed by atoms with Crippen LogP contribution in [-0.2, 0) is 9.53 Å². The Bertz CT molecular complexity index is 281.